The van der Waals surface area contributed by atoms with Crippen molar-refractivity contribution < 1.29 is 14.7 Å². The van der Waals surface area contributed by atoms with Gasteiger partial charge in [-0.25, -0.2) is 0 Å². The van der Waals surface area contributed by atoms with Crippen LogP contribution in [0.5, 0.6) is 0 Å². The maximum absolute atomic E-state index is 10.8. The molecule has 2 aliphatic heterocycles. The molecule has 0 amide bonds. The number of piperidine rings is 1. The molecular weight excluding hydrogens is 254 g/mol. The van der Waals surface area contributed by atoms with Gasteiger partial charge in [-0.3, -0.25) is 0 Å². The van der Waals surface area contributed by atoms with E-state index in [0.29, 0.717) is 6.42 Å². The summed E-state index contributed by atoms with van der Waals surface area (Å²) in [6.45, 7) is 14.8. The van der Waals surface area contributed by atoms with E-state index in [4.69, 9.17) is 9.47 Å². The first-order chi connectivity index (χ1) is 9.15. The largest absolute Gasteiger partial charge is 0.344 e. The molecule has 2 aliphatic rings. The highest BCUT2D eigenvalue weighted by Crippen LogP contribution is 2.54. The quantitative estimate of drug-likeness (QED) is 0.842. The fourth-order valence-corrected chi connectivity index (χ4v) is 3.90. The number of hydrogen-bond donors (Lipinski definition) is 1. The zero-order valence-electron chi connectivity index (χ0n) is 14.1. The summed E-state index contributed by atoms with van der Waals surface area (Å²) in [5.41, 5.74) is -0.659. The van der Waals surface area contributed by atoms with Crippen LogP contribution in [0.3, 0.4) is 0 Å². The third kappa shape index (κ3) is 2.04. The maximum Gasteiger partial charge on any atom is 0.175 e. The molecule has 2 saturated heterocycles. The predicted octanol–water partition coefficient (Wildman–Crippen LogP) is 3.57. The Kier molecular flexibility index (Phi) is 4.00. The summed E-state index contributed by atoms with van der Waals surface area (Å²) in [4.78, 5) is 0. The highest BCUT2D eigenvalue weighted by Gasteiger charge is 2.63. The SMILES string of the molecule is CCC1(C)CC2(OC(C)C(C)O2)C(C)C(C)(CC)N1O. The molecule has 1 N–H and O–H groups in total. The first-order valence-corrected chi connectivity index (χ1v) is 8.00. The normalized spacial score (nSPS) is 53.7. The second-order valence-corrected chi connectivity index (χ2v) is 7.23. The lowest BCUT2D eigenvalue weighted by Gasteiger charge is -2.60. The molecule has 0 aromatic carbocycles. The number of hydroxylamine groups is 2. The molecule has 1 spiro atoms. The molecule has 0 saturated carbocycles. The molecule has 0 bridgehead atoms. The van der Waals surface area contributed by atoms with Crippen molar-refractivity contribution in [3.63, 3.8) is 0 Å². The maximum atomic E-state index is 10.8. The van der Waals surface area contributed by atoms with Gasteiger partial charge in [0.15, 0.2) is 5.79 Å². The number of rotatable bonds is 2. The summed E-state index contributed by atoms with van der Waals surface area (Å²) in [6.07, 6.45) is 2.63. The van der Waals surface area contributed by atoms with Gasteiger partial charge in [-0.2, -0.15) is 5.06 Å². The summed E-state index contributed by atoms with van der Waals surface area (Å²) in [7, 11) is 0. The Morgan fingerprint density at radius 3 is 1.95 bits per heavy atom. The van der Waals surface area contributed by atoms with Gasteiger partial charge >= 0.3 is 0 Å². The van der Waals surface area contributed by atoms with Crippen LogP contribution >= 0.6 is 0 Å². The zero-order chi connectivity index (χ0) is 15.3. The average molecular weight is 285 g/mol. The van der Waals surface area contributed by atoms with Gasteiger partial charge in [-0.05, 0) is 40.5 Å². The minimum atomic E-state index is -0.576. The zero-order valence-corrected chi connectivity index (χ0v) is 14.1. The molecule has 4 nitrogen and oxygen atoms in total. The van der Waals surface area contributed by atoms with Gasteiger partial charge in [0.2, 0.25) is 0 Å². The lowest BCUT2D eigenvalue weighted by atomic mass is 9.67. The van der Waals surface area contributed by atoms with Crippen LogP contribution in [0, 0.1) is 5.92 Å². The van der Waals surface area contributed by atoms with Crippen LogP contribution in [0.1, 0.15) is 67.7 Å². The fraction of sp³-hybridized carbons (Fsp3) is 1.00. The topological polar surface area (TPSA) is 41.9 Å². The smallest absolute Gasteiger partial charge is 0.175 e. The first-order valence-electron chi connectivity index (χ1n) is 8.00. The van der Waals surface area contributed by atoms with E-state index in [2.05, 4.69) is 48.5 Å². The van der Waals surface area contributed by atoms with E-state index in [1.54, 1.807) is 5.06 Å². The Labute approximate surface area is 123 Å². The van der Waals surface area contributed by atoms with Crippen LogP contribution in [-0.4, -0.2) is 39.3 Å². The molecule has 0 aromatic heterocycles. The monoisotopic (exact) mass is 285 g/mol. The molecule has 2 fully saturated rings. The minimum absolute atomic E-state index is 0.102. The molecule has 118 valence electrons. The van der Waals surface area contributed by atoms with E-state index >= 15 is 0 Å². The Morgan fingerprint density at radius 1 is 1.05 bits per heavy atom. The molecule has 5 unspecified atom stereocenters. The van der Waals surface area contributed by atoms with Gasteiger partial charge in [-0.15, -0.1) is 0 Å². The van der Waals surface area contributed by atoms with E-state index in [1.165, 1.54) is 0 Å². The summed E-state index contributed by atoms with van der Waals surface area (Å²) >= 11 is 0. The molecule has 4 heteroatoms. The van der Waals surface area contributed by atoms with E-state index in [0.717, 1.165) is 12.8 Å². The highest BCUT2D eigenvalue weighted by atomic mass is 16.8. The van der Waals surface area contributed by atoms with Crippen molar-refractivity contribution in [2.75, 3.05) is 0 Å². The molecule has 2 heterocycles. The van der Waals surface area contributed by atoms with Crippen molar-refractivity contribution >= 4 is 0 Å². The number of hydrogen-bond acceptors (Lipinski definition) is 4. The number of ether oxygens (including phenoxy) is 2. The van der Waals surface area contributed by atoms with E-state index in [9.17, 15) is 5.21 Å². The van der Waals surface area contributed by atoms with E-state index in [-0.39, 0.29) is 29.2 Å². The molecule has 2 rings (SSSR count). The van der Waals surface area contributed by atoms with Crippen LogP contribution in [-0.2, 0) is 9.47 Å². The van der Waals surface area contributed by atoms with E-state index in [1.807, 2.05) is 0 Å². The summed E-state index contributed by atoms with van der Waals surface area (Å²) in [5.74, 6) is -0.467. The number of nitrogens with zero attached hydrogens (tertiary/aromatic N) is 1. The van der Waals surface area contributed by atoms with Crippen LogP contribution in [0.2, 0.25) is 0 Å². The molecule has 20 heavy (non-hydrogen) atoms. The van der Waals surface area contributed by atoms with Crippen molar-refractivity contribution in [3.8, 4) is 0 Å². The summed E-state index contributed by atoms with van der Waals surface area (Å²) < 4.78 is 12.6. The third-order valence-electron chi connectivity index (χ3n) is 6.12. The Morgan fingerprint density at radius 2 is 1.55 bits per heavy atom. The Hall–Kier alpha value is -0.160. The average Bonchev–Trinajstić information content (AvgIpc) is 2.70. The van der Waals surface area contributed by atoms with Gasteiger partial charge in [0.05, 0.1) is 17.7 Å². The van der Waals surface area contributed by atoms with Crippen molar-refractivity contribution in [2.24, 2.45) is 5.92 Å². The second-order valence-electron chi connectivity index (χ2n) is 7.23. The van der Waals surface area contributed by atoms with Crippen molar-refractivity contribution in [3.05, 3.63) is 0 Å². The van der Waals surface area contributed by atoms with E-state index < -0.39 is 5.79 Å². The molecule has 0 aliphatic carbocycles. The Bertz CT molecular complexity index is 365. The predicted molar refractivity (Wildman–Crippen MR) is 78.6 cm³/mol. The molecule has 0 radical (unpaired) electrons. The fourth-order valence-electron chi connectivity index (χ4n) is 3.90. The van der Waals surface area contributed by atoms with Crippen LogP contribution in [0.4, 0.5) is 0 Å². The van der Waals surface area contributed by atoms with Crippen molar-refractivity contribution in [1.29, 1.82) is 0 Å². The summed E-state index contributed by atoms with van der Waals surface area (Å²) in [6, 6.07) is 0. The standard InChI is InChI=1S/C16H31NO3/c1-8-14(6)10-16(19-11(3)12(4)20-16)13(5)15(7,9-2)17(14)18/h11-13,18H,8-10H2,1-7H3. The second kappa shape index (κ2) is 4.94. The van der Waals surface area contributed by atoms with Gasteiger partial charge in [0.25, 0.3) is 0 Å². The van der Waals surface area contributed by atoms with Gasteiger partial charge < -0.3 is 14.7 Å². The Balaban J connectivity index is 2.45. The van der Waals surface area contributed by atoms with Crippen LogP contribution in [0.15, 0.2) is 0 Å². The van der Waals surface area contributed by atoms with Crippen LogP contribution in [0.25, 0.3) is 0 Å². The van der Waals surface area contributed by atoms with Crippen molar-refractivity contribution in [2.45, 2.75) is 96.8 Å². The first kappa shape index (κ1) is 16.2. The summed E-state index contributed by atoms with van der Waals surface area (Å²) in [5, 5.41) is 12.4. The lowest BCUT2D eigenvalue weighted by Crippen LogP contribution is -2.71. The van der Waals surface area contributed by atoms with Gasteiger partial charge in [0, 0.05) is 17.9 Å². The molecule has 0 aromatic rings. The molecule has 5 atom stereocenters. The minimum Gasteiger partial charge on any atom is -0.344 e. The molecular formula is C16H31NO3. The lowest BCUT2D eigenvalue weighted by molar-refractivity contribution is -0.353. The van der Waals surface area contributed by atoms with Gasteiger partial charge in [-0.1, -0.05) is 20.8 Å². The third-order valence-corrected chi connectivity index (χ3v) is 6.12. The van der Waals surface area contributed by atoms with Gasteiger partial charge in [0.1, 0.15) is 0 Å². The van der Waals surface area contributed by atoms with Crippen LogP contribution < -0.4 is 0 Å². The van der Waals surface area contributed by atoms with Crippen molar-refractivity contribution in [1.82, 2.24) is 5.06 Å². The highest BCUT2D eigenvalue weighted by molar-refractivity contribution is 5.09.